The number of nitrogens with zero attached hydrogens (tertiary/aromatic N) is 3. The second-order valence-corrected chi connectivity index (χ2v) is 8.74. The molecule has 1 aromatic heterocycles. The number of para-hydroxylation sites is 1. The van der Waals surface area contributed by atoms with Crippen LogP contribution < -0.4 is 5.32 Å². The zero-order valence-corrected chi connectivity index (χ0v) is 21.0. The summed E-state index contributed by atoms with van der Waals surface area (Å²) in [7, 11) is 1.53. The van der Waals surface area contributed by atoms with Gasteiger partial charge in [0.2, 0.25) is 5.91 Å². The number of nitrogens with one attached hydrogen (secondary N) is 1. The third-order valence-electron chi connectivity index (χ3n) is 5.40. The second kappa shape index (κ2) is 11.9. The van der Waals surface area contributed by atoms with Crippen LogP contribution in [0.2, 0.25) is 10.0 Å². The Labute approximate surface area is 219 Å². The van der Waals surface area contributed by atoms with Crippen molar-refractivity contribution in [3.05, 3.63) is 101 Å². The molecule has 0 aliphatic heterocycles. The predicted octanol–water partition coefficient (Wildman–Crippen LogP) is 5.57. The monoisotopic (exact) mass is 522 g/mol. The Hall–Kier alpha value is -3.65. The number of hydrogen-bond donors (Lipinski definition) is 1. The molecule has 0 aliphatic carbocycles. The van der Waals surface area contributed by atoms with Crippen molar-refractivity contribution in [1.29, 1.82) is 0 Å². The van der Waals surface area contributed by atoms with Crippen molar-refractivity contribution in [2.75, 3.05) is 32.1 Å². The number of methoxy groups -OCH3 is 1. The number of amides is 2. The fourth-order valence-electron chi connectivity index (χ4n) is 3.61. The normalized spacial score (nSPS) is 10.8. The quantitative estimate of drug-likeness (QED) is 0.311. The Morgan fingerprint density at radius 1 is 0.944 bits per heavy atom. The van der Waals surface area contributed by atoms with E-state index >= 15 is 0 Å². The first-order valence-electron chi connectivity index (χ1n) is 11.2. The number of rotatable bonds is 9. The SMILES string of the molecule is COCCN(CC(=O)Nc1cc(-c2ccccc2)nn1-c1ccccc1)C(=O)c1ccc(Cl)c(Cl)c1. The summed E-state index contributed by atoms with van der Waals surface area (Å²) in [6.07, 6.45) is 0. The molecule has 184 valence electrons. The molecular formula is C27H24Cl2N4O3. The zero-order chi connectivity index (χ0) is 25.5. The van der Waals surface area contributed by atoms with Crippen molar-refractivity contribution in [2.45, 2.75) is 0 Å². The van der Waals surface area contributed by atoms with E-state index in [9.17, 15) is 9.59 Å². The molecule has 4 rings (SSSR count). The lowest BCUT2D eigenvalue weighted by Gasteiger charge is -2.22. The summed E-state index contributed by atoms with van der Waals surface area (Å²) in [5.41, 5.74) is 2.74. The lowest BCUT2D eigenvalue weighted by Crippen LogP contribution is -2.40. The van der Waals surface area contributed by atoms with Gasteiger partial charge in [-0.05, 0) is 30.3 Å². The first-order chi connectivity index (χ1) is 17.5. The molecule has 3 aromatic carbocycles. The van der Waals surface area contributed by atoms with E-state index in [2.05, 4.69) is 5.32 Å². The lowest BCUT2D eigenvalue weighted by atomic mass is 10.1. The van der Waals surface area contributed by atoms with Crippen LogP contribution in [0.25, 0.3) is 16.9 Å². The maximum Gasteiger partial charge on any atom is 0.254 e. The molecule has 0 fully saturated rings. The number of aromatic nitrogens is 2. The van der Waals surface area contributed by atoms with Crippen molar-refractivity contribution < 1.29 is 14.3 Å². The maximum atomic E-state index is 13.2. The van der Waals surface area contributed by atoms with Gasteiger partial charge < -0.3 is 15.0 Å². The number of hydrogen-bond acceptors (Lipinski definition) is 4. The molecular weight excluding hydrogens is 499 g/mol. The number of halogens is 2. The van der Waals surface area contributed by atoms with Crippen molar-refractivity contribution >= 4 is 40.8 Å². The Morgan fingerprint density at radius 2 is 1.64 bits per heavy atom. The van der Waals surface area contributed by atoms with Crippen LogP contribution in [0.4, 0.5) is 5.82 Å². The van der Waals surface area contributed by atoms with Crippen LogP contribution in [0.3, 0.4) is 0 Å². The van der Waals surface area contributed by atoms with Gasteiger partial charge in [-0.2, -0.15) is 5.10 Å². The molecule has 0 bridgehead atoms. The van der Waals surface area contributed by atoms with E-state index in [-0.39, 0.29) is 36.5 Å². The molecule has 0 aliphatic rings. The van der Waals surface area contributed by atoms with Crippen LogP contribution in [0.5, 0.6) is 0 Å². The van der Waals surface area contributed by atoms with Crippen LogP contribution >= 0.6 is 23.2 Å². The third kappa shape index (κ3) is 6.12. The fraction of sp³-hybridized carbons (Fsp3) is 0.148. The summed E-state index contributed by atoms with van der Waals surface area (Å²) in [5, 5.41) is 8.23. The molecule has 0 saturated heterocycles. The molecule has 0 saturated carbocycles. The van der Waals surface area contributed by atoms with Crippen molar-refractivity contribution in [3.63, 3.8) is 0 Å². The smallest absolute Gasteiger partial charge is 0.254 e. The van der Waals surface area contributed by atoms with Gasteiger partial charge in [-0.15, -0.1) is 0 Å². The molecule has 1 heterocycles. The number of benzene rings is 3. The highest BCUT2D eigenvalue weighted by molar-refractivity contribution is 6.42. The Morgan fingerprint density at radius 3 is 2.31 bits per heavy atom. The van der Waals surface area contributed by atoms with E-state index in [1.807, 2.05) is 60.7 Å². The van der Waals surface area contributed by atoms with Crippen molar-refractivity contribution in [2.24, 2.45) is 0 Å². The van der Waals surface area contributed by atoms with Crippen LogP contribution in [0, 0.1) is 0 Å². The average molecular weight is 523 g/mol. The maximum absolute atomic E-state index is 13.2. The van der Waals surface area contributed by atoms with Gasteiger partial charge in [-0.1, -0.05) is 71.7 Å². The minimum atomic E-state index is -0.379. The largest absolute Gasteiger partial charge is 0.383 e. The predicted molar refractivity (Wildman–Crippen MR) is 142 cm³/mol. The highest BCUT2D eigenvalue weighted by atomic mass is 35.5. The van der Waals surface area contributed by atoms with Gasteiger partial charge in [-0.25, -0.2) is 4.68 Å². The van der Waals surface area contributed by atoms with E-state index < -0.39 is 0 Å². The minimum absolute atomic E-state index is 0.191. The van der Waals surface area contributed by atoms with E-state index in [0.717, 1.165) is 11.3 Å². The summed E-state index contributed by atoms with van der Waals surface area (Å²) in [6, 6.07) is 25.6. The summed E-state index contributed by atoms with van der Waals surface area (Å²) in [6.45, 7) is 0.291. The number of ether oxygens (including phenoxy) is 1. The van der Waals surface area contributed by atoms with Gasteiger partial charge in [0.15, 0.2) is 0 Å². The molecule has 7 nitrogen and oxygen atoms in total. The van der Waals surface area contributed by atoms with Gasteiger partial charge in [0, 0.05) is 30.8 Å². The highest BCUT2D eigenvalue weighted by Crippen LogP contribution is 2.25. The summed E-state index contributed by atoms with van der Waals surface area (Å²) >= 11 is 12.1. The molecule has 0 unspecified atom stereocenters. The van der Waals surface area contributed by atoms with Crippen LogP contribution in [-0.4, -0.2) is 53.3 Å². The van der Waals surface area contributed by atoms with E-state index in [4.69, 9.17) is 33.0 Å². The first kappa shape index (κ1) is 25.4. The van der Waals surface area contributed by atoms with Crippen LogP contribution in [-0.2, 0) is 9.53 Å². The summed E-state index contributed by atoms with van der Waals surface area (Å²) in [4.78, 5) is 27.7. The fourth-order valence-corrected chi connectivity index (χ4v) is 3.91. The standard InChI is InChI=1S/C27H24Cl2N4O3/c1-36-15-14-32(27(35)20-12-13-22(28)23(29)16-20)18-26(34)30-25-17-24(19-8-4-2-5-9-19)31-33(25)21-10-6-3-7-11-21/h2-13,16-17H,14-15,18H2,1H3,(H,30,34). The molecule has 9 heteroatoms. The molecule has 2 amide bonds. The molecule has 0 spiro atoms. The average Bonchev–Trinajstić information content (AvgIpc) is 3.32. The Kier molecular flexibility index (Phi) is 8.38. The van der Waals surface area contributed by atoms with Gasteiger partial charge in [0.05, 0.1) is 28.0 Å². The van der Waals surface area contributed by atoms with Crippen LogP contribution in [0.15, 0.2) is 84.9 Å². The molecule has 0 radical (unpaired) electrons. The minimum Gasteiger partial charge on any atom is -0.383 e. The van der Waals surface area contributed by atoms with Crippen LogP contribution in [0.1, 0.15) is 10.4 Å². The molecule has 1 N–H and O–H groups in total. The number of anilines is 1. The van der Waals surface area contributed by atoms with Gasteiger partial charge >= 0.3 is 0 Å². The van der Waals surface area contributed by atoms with Gasteiger partial charge in [0.1, 0.15) is 12.4 Å². The Bertz CT molecular complexity index is 1340. The Balaban J connectivity index is 1.58. The second-order valence-electron chi connectivity index (χ2n) is 7.92. The van der Waals surface area contributed by atoms with E-state index in [1.54, 1.807) is 22.9 Å². The van der Waals surface area contributed by atoms with Crippen molar-refractivity contribution in [3.8, 4) is 16.9 Å². The molecule has 0 atom stereocenters. The van der Waals surface area contributed by atoms with E-state index in [1.165, 1.54) is 18.1 Å². The summed E-state index contributed by atoms with van der Waals surface area (Å²) in [5.74, 6) is -0.253. The first-order valence-corrected chi connectivity index (χ1v) is 12.0. The van der Waals surface area contributed by atoms with Gasteiger partial charge in [0.25, 0.3) is 5.91 Å². The molecule has 4 aromatic rings. The molecule has 36 heavy (non-hydrogen) atoms. The topological polar surface area (TPSA) is 76.5 Å². The summed E-state index contributed by atoms with van der Waals surface area (Å²) < 4.78 is 6.81. The third-order valence-corrected chi connectivity index (χ3v) is 6.14. The highest BCUT2D eigenvalue weighted by Gasteiger charge is 2.21. The number of carbonyl (C=O) groups excluding carboxylic acids is 2. The number of carbonyl (C=O) groups is 2. The van der Waals surface area contributed by atoms with Crippen molar-refractivity contribution in [1.82, 2.24) is 14.7 Å². The van der Waals surface area contributed by atoms with Gasteiger partial charge in [-0.3, -0.25) is 9.59 Å². The van der Waals surface area contributed by atoms with E-state index in [0.29, 0.717) is 22.1 Å². The lowest BCUT2D eigenvalue weighted by molar-refractivity contribution is -0.117. The zero-order valence-electron chi connectivity index (χ0n) is 19.5.